The lowest BCUT2D eigenvalue weighted by atomic mass is 9.73. The van der Waals surface area contributed by atoms with E-state index < -0.39 is 0 Å². The summed E-state index contributed by atoms with van der Waals surface area (Å²) < 4.78 is 10.7. The molecule has 0 amide bonds. The van der Waals surface area contributed by atoms with E-state index >= 15 is 0 Å². The molecule has 106 valence electrons. The third-order valence-electron chi connectivity index (χ3n) is 4.21. The lowest BCUT2D eigenvalue weighted by Gasteiger charge is -2.39. The Morgan fingerprint density at radius 1 is 1.11 bits per heavy atom. The summed E-state index contributed by atoms with van der Waals surface area (Å²) in [5.41, 5.74) is 2.36. The predicted octanol–water partition coefficient (Wildman–Crippen LogP) is 3.86. The summed E-state index contributed by atoms with van der Waals surface area (Å²) in [5.74, 6) is 3.25. The van der Waals surface area contributed by atoms with E-state index in [1.165, 1.54) is 18.4 Å². The van der Waals surface area contributed by atoms with Gasteiger partial charge in [-0.2, -0.15) is 0 Å². The minimum atomic E-state index is 0.601. The Morgan fingerprint density at radius 2 is 1.68 bits per heavy atom. The van der Waals surface area contributed by atoms with Gasteiger partial charge in [-0.15, -0.1) is 0 Å². The number of rotatable bonds is 5. The molecule has 2 rings (SSSR count). The van der Waals surface area contributed by atoms with Gasteiger partial charge in [0, 0.05) is 17.8 Å². The first-order valence-electron chi connectivity index (χ1n) is 7.04. The van der Waals surface area contributed by atoms with Crippen LogP contribution in [-0.4, -0.2) is 20.3 Å². The fraction of sp³-hybridized carbons (Fsp3) is 0.625. The largest absolute Gasteiger partial charge is 0.493 e. The van der Waals surface area contributed by atoms with E-state index in [9.17, 15) is 0 Å². The monoisotopic (exact) mass is 263 g/mol. The average Bonchev–Trinajstić information content (AvgIpc) is 2.33. The minimum absolute atomic E-state index is 0.601. The Kier molecular flexibility index (Phi) is 4.23. The number of methoxy groups -OCH3 is 2. The topological polar surface area (TPSA) is 30.5 Å². The fourth-order valence-corrected chi connectivity index (χ4v) is 2.68. The maximum Gasteiger partial charge on any atom is 0.162 e. The first kappa shape index (κ1) is 14.0. The number of hydrogen-bond acceptors (Lipinski definition) is 3. The molecule has 0 unspecified atom stereocenters. The highest BCUT2D eigenvalue weighted by Gasteiger charge is 2.31. The van der Waals surface area contributed by atoms with E-state index in [1.807, 2.05) is 12.1 Å². The Bertz CT molecular complexity index is 437. The molecule has 0 aliphatic heterocycles. The Balaban J connectivity index is 2.05. The van der Waals surface area contributed by atoms with Gasteiger partial charge in [-0.3, -0.25) is 0 Å². The molecule has 1 fully saturated rings. The van der Waals surface area contributed by atoms with Gasteiger partial charge in [0.2, 0.25) is 0 Å². The van der Waals surface area contributed by atoms with Crippen molar-refractivity contribution < 1.29 is 9.47 Å². The van der Waals surface area contributed by atoms with E-state index in [-0.39, 0.29) is 0 Å². The number of benzene rings is 1. The molecule has 0 spiro atoms. The maximum atomic E-state index is 5.36. The Morgan fingerprint density at radius 3 is 2.21 bits per heavy atom. The molecular formula is C16H25NO2. The quantitative estimate of drug-likeness (QED) is 0.875. The van der Waals surface area contributed by atoms with Crippen molar-refractivity contribution in [3.63, 3.8) is 0 Å². The van der Waals surface area contributed by atoms with Gasteiger partial charge in [0.25, 0.3) is 0 Å². The highest BCUT2D eigenvalue weighted by Crippen LogP contribution is 2.38. The molecule has 0 radical (unpaired) electrons. The maximum absolute atomic E-state index is 5.36. The molecule has 0 aromatic heterocycles. The van der Waals surface area contributed by atoms with Crippen LogP contribution in [0.4, 0.5) is 5.69 Å². The molecular weight excluding hydrogens is 238 g/mol. The van der Waals surface area contributed by atoms with Gasteiger partial charge >= 0.3 is 0 Å². The van der Waals surface area contributed by atoms with Crippen LogP contribution < -0.4 is 14.8 Å². The predicted molar refractivity (Wildman–Crippen MR) is 79.3 cm³/mol. The second-order valence-corrected chi connectivity index (χ2v) is 5.84. The van der Waals surface area contributed by atoms with Crippen LogP contribution >= 0.6 is 0 Å². The highest BCUT2D eigenvalue weighted by molar-refractivity contribution is 5.60. The van der Waals surface area contributed by atoms with Crippen molar-refractivity contribution in [3.05, 3.63) is 17.7 Å². The molecule has 1 aromatic carbocycles. The molecule has 1 aliphatic rings. The summed E-state index contributed by atoms with van der Waals surface area (Å²) in [7, 11) is 3.35. The van der Waals surface area contributed by atoms with Gasteiger partial charge in [0.05, 0.1) is 14.2 Å². The van der Waals surface area contributed by atoms with Crippen LogP contribution in [0.2, 0.25) is 0 Å². The van der Waals surface area contributed by atoms with Crippen LogP contribution in [0.3, 0.4) is 0 Å². The third-order valence-corrected chi connectivity index (χ3v) is 4.21. The van der Waals surface area contributed by atoms with Crippen LogP contribution in [0.15, 0.2) is 12.1 Å². The summed E-state index contributed by atoms with van der Waals surface area (Å²) in [6.07, 6.45) is 2.54. The number of nitrogens with one attached hydrogen (secondary N) is 1. The molecule has 1 aromatic rings. The highest BCUT2D eigenvalue weighted by atomic mass is 16.5. The van der Waals surface area contributed by atoms with Gasteiger partial charge in [0.15, 0.2) is 11.5 Å². The van der Waals surface area contributed by atoms with Gasteiger partial charge in [-0.25, -0.2) is 0 Å². The van der Waals surface area contributed by atoms with E-state index in [0.717, 1.165) is 29.0 Å². The fourth-order valence-electron chi connectivity index (χ4n) is 2.68. The summed E-state index contributed by atoms with van der Waals surface area (Å²) in [6.45, 7) is 6.72. The average molecular weight is 263 g/mol. The summed E-state index contributed by atoms with van der Waals surface area (Å²) in [4.78, 5) is 0. The van der Waals surface area contributed by atoms with E-state index in [2.05, 4.69) is 26.1 Å². The molecule has 3 nitrogen and oxygen atoms in total. The molecule has 1 aliphatic carbocycles. The lowest BCUT2D eigenvalue weighted by molar-refractivity contribution is 0.211. The SMILES string of the molecule is COc1cc(C)c(NC2CC(C(C)C)C2)cc1OC. The molecule has 0 atom stereocenters. The summed E-state index contributed by atoms with van der Waals surface area (Å²) in [5, 5.41) is 3.62. The van der Waals surface area contributed by atoms with Crippen molar-refractivity contribution >= 4 is 5.69 Å². The first-order chi connectivity index (χ1) is 9.05. The Hall–Kier alpha value is -1.38. The number of hydrogen-bond donors (Lipinski definition) is 1. The van der Waals surface area contributed by atoms with Gasteiger partial charge < -0.3 is 14.8 Å². The van der Waals surface area contributed by atoms with Crippen molar-refractivity contribution in [2.75, 3.05) is 19.5 Å². The lowest BCUT2D eigenvalue weighted by Crippen LogP contribution is -2.38. The standard InChI is InChI=1S/C16H25NO2/c1-10(2)12-7-13(8-12)17-14-9-16(19-5)15(18-4)6-11(14)3/h6,9-10,12-13,17H,7-8H2,1-5H3. The van der Waals surface area contributed by atoms with Crippen LogP contribution in [0.1, 0.15) is 32.3 Å². The van der Waals surface area contributed by atoms with Crippen molar-refractivity contribution in [1.29, 1.82) is 0 Å². The van der Waals surface area contributed by atoms with Crippen LogP contribution in [-0.2, 0) is 0 Å². The van der Waals surface area contributed by atoms with E-state index in [4.69, 9.17) is 9.47 Å². The zero-order valence-electron chi connectivity index (χ0n) is 12.6. The van der Waals surface area contributed by atoms with E-state index in [1.54, 1.807) is 14.2 Å². The second-order valence-electron chi connectivity index (χ2n) is 5.84. The third kappa shape index (κ3) is 2.96. The minimum Gasteiger partial charge on any atom is -0.493 e. The van der Waals surface area contributed by atoms with Gasteiger partial charge in [-0.1, -0.05) is 13.8 Å². The molecule has 3 heteroatoms. The van der Waals surface area contributed by atoms with E-state index in [0.29, 0.717) is 6.04 Å². The number of aryl methyl sites for hydroxylation is 1. The summed E-state index contributed by atoms with van der Waals surface area (Å²) >= 11 is 0. The first-order valence-corrected chi connectivity index (χ1v) is 7.04. The smallest absolute Gasteiger partial charge is 0.162 e. The zero-order chi connectivity index (χ0) is 14.0. The zero-order valence-corrected chi connectivity index (χ0v) is 12.6. The van der Waals surface area contributed by atoms with Crippen molar-refractivity contribution in [1.82, 2.24) is 0 Å². The van der Waals surface area contributed by atoms with Gasteiger partial charge in [-0.05, 0) is 43.2 Å². The number of anilines is 1. The van der Waals surface area contributed by atoms with Crippen molar-refractivity contribution in [2.45, 2.75) is 39.7 Å². The Labute approximate surface area is 116 Å². The number of ether oxygens (including phenoxy) is 2. The molecule has 19 heavy (non-hydrogen) atoms. The summed E-state index contributed by atoms with van der Waals surface area (Å²) in [6, 6.07) is 4.67. The second kappa shape index (κ2) is 5.72. The molecule has 0 bridgehead atoms. The van der Waals surface area contributed by atoms with Crippen LogP contribution in [0.25, 0.3) is 0 Å². The normalized spacial score (nSPS) is 22.0. The van der Waals surface area contributed by atoms with Crippen LogP contribution in [0.5, 0.6) is 11.5 Å². The van der Waals surface area contributed by atoms with Gasteiger partial charge in [0.1, 0.15) is 0 Å². The molecule has 1 N–H and O–H groups in total. The molecule has 1 saturated carbocycles. The van der Waals surface area contributed by atoms with Crippen molar-refractivity contribution in [3.8, 4) is 11.5 Å². The van der Waals surface area contributed by atoms with Crippen molar-refractivity contribution in [2.24, 2.45) is 11.8 Å². The molecule has 0 heterocycles. The van der Waals surface area contributed by atoms with Crippen LogP contribution in [0, 0.1) is 18.8 Å². The molecule has 0 saturated heterocycles.